The van der Waals surface area contributed by atoms with Gasteiger partial charge in [-0.2, -0.15) is 5.10 Å². The van der Waals surface area contributed by atoms with Crippen molar-refractivity contribution in [3.05, 3.63) is 82.8 Å². The largest absolute Gasteiger partial charge is 0.476 e. The maximum Gasteiger partial charge on any atom is 0.356 e. The molecule has 3 aromatic rings. The number of hydrogen-bond donors (Lipinski definition) is 2. The van der Waals surface area contributed by atoms with E-state index in [9.17, 15) is 19.1 Å². The van der Waals surface area contributed by atoms with Gasteiger partial charge in [-0.15, -0.1) is 0 Å². The predicted octanol–water partition coefficient (Wildman–Crippen LogP) is 3.33. The Hall–Kier alpha value is -3.48. The Morgan fingerprint density at radius 1 is 1.15 bits per heavy atom. The SMILES string of the molecule is Cc1ccccc1C(=O)Nc1cc(C(=O)O)nn1Cc1ccc(F)cc1. The number of benzene rings is 2. The zero-order valence-corrected chi connectivity index (χ0v) is 13.9. The van der Waals surface area contributed by atoms with Gasteiger partial charge in [0.1, 0.15) is 11.6 Å². The van der Waals surface area contributed by atoms with Crippen molar-refractivity contribution >= 4 is 17.7 Å². The van der Waals surface area contributed by atoms with Crippen LogP contribution in [0.1, 0.15) is 32.0 Å². The van der Waals surface area contributed by atoms with E-state index < -0.39 is 5.97 Å². The van der Waals surface area contributed by atoms with Gasteiger partial charge in [0.05, 0.1) is 6.54 Å². The minimum absolute atomic E-state index is 0.188. The lowest BCUT2D eigenvalue weighted by molar-refractivity contribution is 0.0689. The van der Waals surface area contributed by atoms with Crippen LogP contribution in [0.15, 0.2) is 54.6 Å². The lowest BCUT2D eigenvalue weighted by atomic mass is 10.1. The number of nitrogens with zero attached hydrogens (tertiary/aromatic N) is 2. The van der Waals surface area contributed by atoms with Crippen molar-refractivity contribution in [2.75, 3.05) is 5.32 Å². The van der Waals surface area contributed by atoms with Crippen LogP contribution in [0.5, 0.6) is 0 Å². The molecule has 0 fully saturated rings. The second kappa shape index (κ2) is 7.18. The predicted molar refractivity (Wildman–Crippen MR) is 93.8 cm³/mol. The molecule has 0 unspecified atom stereocenters. The maximum absolute atomic E-state index is 13.1. The second-order valence-corrected chi connectivity index (χ2v) is 5.77. The van der Waals surface area contributed by atoms with Gasteiger partial charge in [0.25, 0.3) is 5.91 Å². The number of hydrogen-bond acceptors (Lipinski definition) is 3. The molecule has 0 atom stereocenters. The lowest BCUT2D eigenvalue weighted by Crippen LogP contribution is -2.17. The molecule has 0 spiro atoms. The molecule has 0 saturated heterocycles. The number of rotatable bonds is 5. The van der Waals surface area contributed by atoms with Crippen molar-refractivity contribution in [1.29, 1.82) is 0 Å². The molecule has 1 amide bonds. The molecule has 0 radical (unpaired) electrons. The van der Waals surface area contributed by atoms with Gasteiger partial charge in [-0.3, -0.25) is 4.79 Å². The normalized spacial score (nSPS) is 10.5. The van der Waals surface area contributed by atoms with E-state index in [1.54, 1.807) is 24.3 Å². The molecule has 132 valence electrons. The first-order valence-electron chi connectivity index (χ1n) is 7.86. The van der Waals surface area contributed by atoms with Crippen LogP contribution in [-0.2, 0) is 6.54 Å². The highest BCUT2D eigenvalue weighted by molar-refractivity contribution is 6.05. The summed E-state index contributed by atoms with van der Waals surface area (Å²) in [6.45, 7) is 2.00. The highest BCUT2D eigenvalue weighted by atomic mass is 19.1. The van der Waals surface area contributed by atoms with Crippen molar-refractivity contribution in [3.63, 3.8) is 0 Å². The van der Waals surface area contributed by atoms with Crippen LogP contribution in [0.4, 0.5) is 10.2 Å². The monoisotopic (exact) mass is 353 g/mol. The van der Waals surface area contributed by atoms with E-state index in [4.69, 9.17) is 0 Å². The summed E-state index contributed by atoms with van der Waals surface area (Å²) in [4.78, 5) is 23.7. The van der Waals surface area contributed by atoms with E-state index >= 15 is 0 Å². The Morgan fingerprint density at radius 3 is 2.50 bits per heavy atom. The summed E-state index contributed by atoms with van der Waals surface area (Å²) in [6, 6.07) is 14.1. The zero-order chi connectivity index (χ0) is 18.7. The third-order valence-corrected chi connectivity index (χ3v) is 3.88. The first-order valence-corrected chi connectivity index (χ1v) is 7.86. The van der Waals surface area contributed by atoms with Gasteiger partial charge in [-0.25, -0.2) is 13.9 Å². The molecular formula is C19H16FN3O3. The first kappa shape index (κ1) is 17.3. The average molecular weight is 353 g/mol. The molecule has 0 aliphatic rings. The number of amides is 1. The van der Waals surface area contributed by atoms with Crippen molar-refractivity contribution in [3.8, 4) is 0 Å². The average Bonchev–Trinajstić information content (AvgIpc) is 3.00. The smallest absolute Gasteiger partial charge is 0.356 e. The van der Waals surface area contributed by atoms with Crippen LogP contribution in [0.25, 0.3) is 0 Å². The number of aromatic carboxylic acids is 1. The Morgan fingerprint density at radius 2 is 1.85 bits per heavy atom. The lowest BCUT2D eigenvalue weighted by Gasteiger charge is -2.10. The first-order chi connectivity index (χ1) is 12.4. The fourth-order valence-electron chi connectivity index (χ4n) is 2.52. The van der Waals surface area contributed by atoms with Gasteiger partial charge in [-0.1, -0.05) is 30.3 Å². The van der Waals surface area contributed by atoms with Crippen LogP contribution < -0.4 is 5.32 Å². The fraction of sp³-hybridized carbons (Fsp3) is 0.105. The molecule has 0 aliphatic carbocycles. The summed E-state index contributed by atoms with van der Waals surface area (Å²) in [6.07, 6.45) is 0. The van der Waals surface area contributed by atoms with Gasteiger partial charge in [-0.05, 0) is 36.2 Å². The number of anilines is 1. The summed E-state index contributed by atoms with van der Waals surface area (Å²) < 4.78 is 14.4. The fourth-order valence-corrected chi connectivity index (χ4v) is 2.52. The Kier molecular flexibility index (Phi) is 4.79. The molecule has 1 aromatic heterocycles. The summed E-state index contributed by atoms with van der Waals surface area (Å²) in [5.74, 6) is -1.68. The molecule has 1 heterocycles. The molecule has 3 rings (SSSR count). The number of carboxylic acids is 1. The van der Waals surface area contributed by atoms with Crippen molar-refractivity contribution in [2.24, 2.45) is 0 Å². The van der Waals surface area contributed by atoms with Crippen LogP contribution in [0.3, 0.4) is 0 Å². The van der Waals surface area contributed by atoms with Gasteiger partial charge in [0.2, 0.25) is 0 Å². The molecule has 2 N–H and O–H groups in total. The number of aryl methyl sites for hydroxylation is 1. The van der Waals surface area contributed by atoms with Gasteiger partial charge in [0.15, 0.2) is 5.69 Å². The van der Waals surface area contributed by atoms with Crippen molar-refractivity contribution in [1.82, 2.24) is 9.78 Å². The molecule has 0 bridgehead atoms. The third kappa shape index (κ3) is 3.77. The minimum Gasteiger partial charge on any atom is -0.476 e. The van der Waals surface area contributed by atoms with Gasteiger partial charge < -0.3 is 10.4 Å². The topological polar surface area (TPSA) is 84.2 Å². The second-order valence-electron chi connectivity index (χ2n) is 5.77. The number of carboxylic acid groups (broad SMARTS) is 1. The zero-order valence-electron chi connectivity index (χ0n) is 13.9. The summed E-state index contributed by atoms with van der Waals surface area (Å²) in [5, 5.41) is 15.9. The number of halogens is 1. The molecule has 26 heavy (non-hydrogen) atoms. The maximum atomic E-state index is 13.1. The summed E-state index contributed by atoms with van der Waals surface area (Å²) in [5.41, 5.74) is 1.82. The quantitative estimate of drug-likeness (QED) is 0.737. The molecule has 0 aliphatic heterocycles. The minimum atomic E-state index is -1.20. The van der Waals surface area contributed by atoms with Crippen LogP contribution >= 0.6 is 0 Å². The van der Waals surface area contributed by atoms with Crippen molar-refractivity contribution in [2.45, 2.75) is 13.5 Å². The molecular weight excluding hydrogens is 337 g/mol. The number of aromatic nitrogens is 2. The van der Waals surface area contributed by atoms with E-state index in [1.807, 2.05) is 19.1 Å². The summed E-state index contributed by atoms with van der Waals surface area (Å²) in [7, 11) is 0. The number of carbonyl (C=O) groups excluding carboxylic acids is 1. The van der Waals surface area contributed by atoms with E-state index in [-0.39, 0.29) is 29.8 Å². The van der Waals surface area contributed by atoms with Crippen LogP contribution in [0.2, 0.25) is 0 Å². The van der Waals surface area contributed by atoms with Gasteiger partial charge >= 0.3 is 5.97 Å². The third-order valence-electron chi connectivity index (χ3n) is 3.88. The van der Waals surface area contributed by atoms with Crippen LogP contribution in [-0.4, -0.2) is 26.8 Å². The number of carbonyl (C=O) groups is 2. The van der Waals surface area contributed by atoms with Crippen LogP contribution in [0, 0.1) is 12.7 Å². The highest BCUT2D eigenvalue weighted by Gasteiger charge is 2.17. The van der Waals surface area contributed by atoms with E-state index in [0.29, 0.717) is 5.56 Å². The highest BCUT2D eigenvalue weighted by Crippen LogP contribution is 2.16. The molecule has 0 saturated carbocycles. The molecule has 7 heteroatoms. The van der Waals surface area contributed by atoms with E-state index in [0.717, 1.165) is 11.1 Å². The van der Waals surface area contributed by atoms with E-state index in [1.165, 1.54) is 22.9 Å². The molecule has 2 aromatic carbocycles. The Balaban J connectivity index is 1.90. The van der Waals surface area contributed by atoms with Crippen molar-refractivity contribution < 1.29 is 19.1 Å². The molecule has 6 nitrogen and oxygen atoms in total. The Labute approximate surface area is 148 Å². The standard InChI is InChI=1S/C19H16FN3O3/c1-12-4-2-3-5-15(12)18(24)21-17-10-16(19(25)26)22-23(17)11-13-6-8-14(20)9-7-13/h2-10H,11H2,1H3,(H,21,24)(H,25,26). The summed E-state index contributed by atoms with van der Waals surface area (Å²) >= 11 is 0. The van der Waals surface area contributed by atoms with Gasteiger partial charge in [0, 0.05) is 11.6 Å². The van der Waals surface area contributed by atoms with E-state index in [2.05, 4.69) is 10.4 Å². The number of nitrogens with one attached hydrogen (secondary N) is 1. The Bertz CT molecular complexity index is 964.